The molecule has 6 heteroatoms. The summed E-state index contributed by atoms with van der Waals surface area (Å²) in [4.78, 5) is 12.5. The first kappa shape index (κ1) is 18.1. The van der Waals surface area contributed by atoms with Gasteiger partial charge in [0.1, 0.15) is 5.82 Å². The van der Waals surface area contributed by atoms with Gasteiger partial charge in [-0.2, -0.15) is 0 Å². The number of halogens is 1. The van der Waals surface area contributed by atoms with Crippen molar-refractivity contribution in [1.29, 1.82) is 0 Å². The van der Waals surface area contributed by atoms with Crippen molar-refractivity contribution in [3.8, 4) is 0 Å². The average Bonchev–Trinajstić information content (AvgIpc) is 2.59. The number of carbonyl (C=O) groups excluding carboxylic acids is 1. The molecule has 4 nitrogen and oxygen atoms in total. The fraction of sp³-hybridized carbons (Fsp3) is 0.650. The minimum Gasteiger partial charge on any atom is -0.384 e. The lowest BCUT2D eigenvalue weighted by Gasteiger charge is -2.54. The van der Waals surface area contributed by atoms with Crippen LogP contribution < -0.4 is 10.6 Å². The molecule has 26 heavy (non-hydrogen) atoms. The van der Waals surface area contributed by atoms with E-state index in [1.54, 1.807) is 16.4 Å². The van der Waals surface area contributed by atoms with Crippen molar-refractivity contribution in [2.24, 2.45) is 23.7 Å². The second-order valence-electron chi connectivity index (χ2n) is 8.35. The zero-order valence-electron chi connectivity index (χ0n) is 15.0. The molecule has 0 aromatic heterocycles. The number of nitrogens with one attached hydrogen (secondary N) is 2. The van der Waals surface area contributed by atoms with Gasteiger partial charge in [-0.3, -0.25) is 4.79 Å². The number of thiol groups is 1. The first-order chi connectivity index (χ1) is 12.6. The summed E-state index contributed by atoms with van der Waals surface area (Å²) < 4.78 is 14.6. The molecule has 2 N–H and O–H groups in total. The maximum atomic E-state index is 12.9. The molecule has 4 aliphatic carbocycles. The Morgan fingerprint density at radius 2 is 1.69 bits per heavy atom. The summed E-state index contributed by atoms with van der Waals surface area (Å²) in [7, 11) is 0. The zero-order chi connectivity index (χ0) is 18.1. The first-order valence-corrected chi connectivity index (χ1v) is 10.2. The van der Waals surface area contributed by atoms with E-state index < -0.39 is 0 Å². The van der Waals surface area contributed by atoms with E-state index in [0.29, 0.717) is 37.5 Å². The van der Waals surface area contributed by atoms with Crippen LogP contribution in [0.5, 0.6) is 0 Å². The predicted molar refractivity (Wildman–Crippen MR) is 104 cm³/mol. The number of benzene rings is 1. The molecule has 1 aromatic carbocycles. The molecule has 0 heterocycles. The number of amides is 1. The van der Waals surface area contributed by atoms with E-state index in [-0.39, 0.29) is 11.7 Å². The van der Waals surface area contributed by atoms with E-state index in [0.717, 1.165) is 17.5 Å². The lowest BCUT2D eigenvalue weighted by molar-refractivity contribution is -0.125. The molecule has 4 aliphatic rings. The van der Waals surface area contributed by atoms with Crippen LogP contribution in [0.25, 0.3) is 0 Å². The second kappa shape index (κ2) is 7.77. The Labute approximate surface area is 160 Å². The molecule has 0 unspecified atom stereocenters. The van der Waals surface area contributed by atoms with E-state index in [1.807, 2.05) is 0 Å². The minimum absolute atomic E-state index is 0.0826. The molecule has 4 saturated carbocycles. The molecule has 0 radical (unpaired) electrons. The third-order valence-electron chi connectivity index (χ3n) is 6.42. The van der Waals surface area contributed by atoms with Crippen molar-refractivity contribution in [1.82, 2.24) is 9.62 Å². The highest BCUT2D eigenvalue weighted by atomic mass is 32.1. The fourth-order valence-corrected chi connectivity index (χ4v) is 5.76. The smallest absolute Gasteiger partial charge is 0.235 e. The van der Waals surface area contributed by atoms with Gasteiger partial charge in [0.25, 0.3) is 0 Å². The Balaban J connectivity index is 1.19. The maximum absolute atomic E-state index is 12.9. The van der Waals surface area contributed by atoms with Crippen molar-refractivity contribution in [3.05, 3.63) is 30.1 Å². The summed E-state index contributed by atoms with van der Waals surface area (Å²) in [5.74, 6) is 3.08. The Morgan fingerprint density at radius 1 is 1.08 bits per heavy atom. The normalized spacial score (nSPS) is 32.0. The molecule has 0 spiro atoms. The third-order valence-corrected chi connectivity index (χ3v) is 6.77. The van der Waals surface area contributed by atoms with Crippen molar-refractivity contribution >= 4 is 24.4 Å². The first-order valence-electron chi connectivity index (χ1n) is 9.79. The largest absolute Gasteiger partial charge is 0.384 e. The van der Waals surface area contributed by atoms with Crippen molar-refractivity contribution in [2.75, 3.05) is 25.0 Å². The molecule has 0 atom stereocenters. The van der Waals surface area contributed by atoms with Crippen LogP contribution in [0, 0.1) is 29.5 Å². The Hall–Kier alpha value is -1.27. The van der Waals surface area contributed by atoms with Crippen LogP contribution in [-0.4, -0.2) is 35.9 Å². The molecular formula is C20H28FN3OS. The van der Waals surface area contributed by atoms with Crippen LogP contribution in [-0.2, 0) is 4.79 Å². The van der Waals surface area contributed by atoms with E-state index in [4.69, 9.17) is 0 Å². The second-order valence-corrected chi connectivity index (χ2v) is 8.91. The molecule has 1 aromatic rings. The van der Waals surface area contributed by atoms with Crippen LogP contribution in [0.3, 0.4) is 0 Å². The van der Waals surface area contributed by atoms with Gasteiger partial charge in [-0.1, -0.05) is 12.8 Å². The number of nitrogens with zero attached hydrogens (tertiary/aromatic N) is 1. The average molecular weight is 378 g/mol. The van der Waals surface area contributed by atoms with Gasteiger partial charge in [-0.05, 0) is 80.0 Å². The van der Waals surface area contributed by atoms with E-state index in [2.05, 4.69) is 23.4 Å². The van der Waals surface area contributed by atoms with E-state index >= 15 is 0 Å². The molecule has 0 saturated heterocycles. The van der Waals surface area contributed by atoms with Crippen LogP contribution in [0.4, 0.5) is 10.1 Å². The van der Waals surface area contributed by atoms with Crippen molar-refractivity contribution < 1.29 is 9.18 Å². The summed E-state index contributed by atoms with van der Waals surface area (Å²) in [6.45, 7) is 1.59. The summed E-state index contributed by atoms with van der Waals surface area (Å²) in [5.41, 5.74) is 0.867. The highest BCUT2D eigenvalue weighted by Crippen LogP contribution is 2.53. The van der Waals surface area contributed by atoms with Gasteiger partial charge in [0.15, 0.2) is 0 Å². The highest BCUT2D eigenvalue weighted by molar-refractivity contribution is 7.77. The predicted octanol–water partition coefficient (Wildman–Crippen LogP) is 3.33. The Morgan fingerprint density at radius 3 is 2.31 bits per heavy atom. The lowest BCUT2D eigenvalue weighted by atomic mass is 9.54. The van der Waals surface area contributed by atoms with Crippen LogP contribution >= 0.6 is 12.8 Å². The van der Waals surface area contributed by atoms with Gasteiger partial charge in [0.2, 0.25) is 5.91 Å². The monoisotopic (exact) mass is 377 g/mol. The molecule has 142 valence electrons. The summed E-state index contributed by atoms with van der Waals surface area (Å²) in [6, 6.07) is 6.65. The third kappa shape index (κ3) is 4.17. The number of hydrogen-bond donors (Lipinski definition) is 3. The molecule has 1 amide bonds. The topological polar surface area (TPSA) is 44.4 Å². The van der Waals surface area contributed by atoms with Crippen LogP contribution in [0.2, 0.25) is 0 Å². The van der Waals surface area contributed by atoms with Crippen LogP contribution in [0.1, 0.15) is 32.1 Å². The van der Waals surface area contributed by atoms with Gasteiger partial charge < -0.3 is 10.6 Å². The summed E-state index contributed by atoms with van der Waals surface area (Å²) >= 11 is 4.43. The van der Waals surface area contributed by atoms with Crippen molar-refractivity contribution in [2.45, 2.75) is 38.1 Å². The Kier molecular flexibility index (Phi) is 5.41. The number of rotatable bonds is 7. The van der Waals surface area contributed by atoms with Gasteiger partial charge >= 0.3 is 0 Å². The van der Waals surface area contributed by atoms with Crippen LogP contribution in [0.15, 0.2) is 24.3 Å². The SMILES string of the molecule is O=C(CN(S)CCNc1ccc(F)cc1)NC1C2CC3CC(C2)CC1C3. The summed E-state index contributed by atoms with van der Waals surface area (Å²) in [6.07, 6.45) is 6.67. The lowest BCUT2D eigenvalue weighted by Crippen LogP contribution is -2.56. The fourth-order valence-electron chi connectivity index (χ4n) is 5.53. The van der Waals surface area contributed by atoms with Gasteiger partial charge in [-0.25, -0.2) is 8.70 Å². The van der Waals surface area contributed by atoms with E-state index in [9.17, 15) is 9.18 Å². The number of anilines is 1. The molecule has 5 rings (SSSR count). The quantitative estimate of drug-likeness (QED) is 0.639. The number of hydrogen-bond acceptors (Lipinski definition) is 4. The highest BCUT2D eigenvalue weighted by Gasteiger charge is 2.48. The van der Waals surface area contributed by atoms with Gasteiger partial charge in [0.05, 0.1) is 6.54 Å². The molecule has 0 aliphatic heterocycles. The van der Waals surface area contributed by atoms with Gasteiger partial charge in [0, 0.05) is 24.8 Å². The standard InChI is InChI=1S/C20H28FN3OS/c21-17-1-3-18(4-2-17)22-5-6-24(26)12-19(25)23-20-15-8-13-7-14(10-15)11-16(20)9-13/h1-4,13-16,20,22,26H,5-12H2,(H,23,25). The molecule has 4 fully saturated rings. The molecule has 4 bridgehead atoms. The molecular weight excluding hydrogens is 349 g/mol. The summed E-state index contributed by atoms with van der Waals surface area (Å²) in [5, 5.41) is 6.53. The Bertz CT molecular complexity index is 610. The van der Waals surface area contributed by atoms with Crippen molar-refractivity contribution in [3.63, 3.8) is 0 Å². The zero-order valence-corrected chi connectivity index (χ0v) is 15.9. The van der Waals surface area contributed by atoms with E-state index in [1.165, 1.54) is 44.2 Å². The van der Waals surface area contributed by atoms with Gasteiger partial charge in [-0.15, -0.1) is 0 Å². The minimum atomic E-state index is -0.243. The number of carbonyl (C=O) groups is 1. The maximum Gasteiger partial charge on any atom is 0.235 e.